The van der Waals surface area contributed by atoms with Gasteiger partial charge in [0.05, 0.1) is 27.7 Å². The molecule has 2 aromatic heterocycles. The molecule has 0 saturated heterocycles. The van der Waals surface area contributed by atoms with Crippen molar-refractivity contribution in [2.24, 2.45) is 0 Å². The lowest BCUT2D eigenvalue weighted by atomic mass is 10.1. The first-order valence-corrected chi connectivity index (χ1v) is 12.7. The van der Waals surface area contributed by atoms with E-state index >= 15 is 0 Å². The molecule has 0 saturated carbocycles. The van der Waals surface area contributed by atoms with Crippen LogP contribution in [0.1, 0.15) is 31.4 Å². The molecule has 188 valence electrons. The Balaban J connectivity index is 1.73. The predicted molar refractivity (Wildman–Crippen MR) is 134 cm³/mol. The van der Waals surface area contributed by atoms with E-state index in [1.807, 2.05) is 31.3 Å². The van der Waals surface area contributed by atoms with Gasteiger partial charge in [-0.15, -0.1) is 0 Å². The largest absolute Gasteiger partial charge is 0.381 e. The van der Waals surface area contributed by atoms with E-state index in [0.717, 1.165) is 23.7 Å². The molecule has 0 aliphatic rings. The molecule has 4 rings (SSSR count). The Kier molecular flexibility index (Phi) is 7.14. The molecule has 0 aliphatic heterocycles. The summed E-state index contributed by atoms with van der Waals surface area (Å²) < 4.78 is 54.4. The first kappa shape index (κ1) is 25.4. The van der Waals surface area contributed by atoms with Crippen LogP contribution in [0.4, 0.5) is 14.6 Å². The lowest BCUT2D eigenvalue weighted by Crippen LogP contribution is -2.14. The summed E-state index contributed by atoms with van der Waals surface area (Å²) in [4.78, 5) is 8.41. The highest BCUT2D eigenvalue weighted by atomic mass is 32.2. The summed E-state index contributed by atoms with van der Waals surface area (Å²) in [5.74, 6) is 0.236. The summed E-state index contributed by atoms with van der Waals surface area (Å²) in [6.07, 6.45) is 0.0156. The van der Waals surface area contributed by atoms with E-state index in [1.54, 1.807) is 12.3 Å². The molecule has 11 heteroatoms. The normalized spacial score (nSPS) is 12.0. The van der Waals surface area contributed by atoms with Crippen LogP contribution in [0.2, 0.25) is 0 Å². The summed E-state index contributed by atoms with van der Waals surface area (Å²) in [6, 6.07) is 13.3. The summed E-state index contributed by atoms with van der Waals surface area (Å²) in [5.41, 5.74) is 8.47. The molecule has 4 aromatic rings. The van der Waals surface area contributed by atoms with Gasteiger partial charge in [-0.2, -0.15) is 5.10 Å². The van der Waals surface area contributed by atoms with Crippen LogP contribution in [0, 0.1) is 0 Å². The third kappa shape index (κ3) is 4.98. The fraction of sp³-hybridized carbons (Fsp3) is 0.240. The quantitative estimate of drug-likeness (QED) is 0.359. The molecular weight excluding hydrogens is 486 g/mol. The maximum Gasteiger partial charge on any atom is 0.264 e. The van der Waals surface area contributed by atoms with Gasteiger partial charge >= 0.3 is 0 Å². The molecule has 0 spiro atoms. The van der Waals surface area contributed by atoms with Crippen LogP contribution < -0.4 is 11.1 Å². The predicted octanol–water partition coefficient (Wildman–Crippen LogP) is 4.42. The van der Waals surface area contributed by atoms with Crippen LogP contribution in [0.3, 0.4) is 0 Å². The number of benzene rings is 2. The zero-order valence-electron chi connectivity index (χ0n) is 20.0. The van der Waals surface area contributed by atoms with Crippen molar-refractivity contribution in [2.75, 3.05) is 12.8 Å². The summed E-state index contributed by atoms with van der Waals surface area (Å²) >= 11 is 0. The fourth-order valence-corrected chi connectivity index (χ4v) is 4.78. The van der Waals surface area contributed by atoms with E-state index in [9.17, 15) is 17.2 Å². The van der Waals surface area contributed by atoms with Gasteiger partial charge in [0.2, 0.25) is 0 Å². The molecule has 3 N–H and O–H groups in total. The van der Waals surface area contributed by atoms with Crippen molar-refractivity contribution in [1.29, 1.82) is 0 Å². The average Bonchev–Trinajstić information content (AvgIpc) is 3.34. The fourth-order valence-electron chi connectivity index (χ4n) is 3.68. The first-order valence-electron chi connectivity index (χ1n) is 11.2. The molecule has 2 heterocycles. The molecular formula is C25H26F2N6O2S. The number of nitrogens with one attached hydrogen (secondary N) is 1. The van der Waals surface area contributed by atoms with Crippen molar-refractivity contribution in [1.82, 2.24) is 25.1 Å². The van der Waals surface area contributed by atoms with Gasteiger partial charge in [0.25, 0.3) is 6.43 Å². The van der Waals surface area contributed by atoms with E-state index in [2.05, 4.69) is 20.4 Å². The second-order valence-electron chi connectivity index (χ2n) is 8.48. The maximum absolute atomic E-state index is 14.0. The van der Waals surface area contributed by atoms with Gasteiger partial charge in [-0.3, -0.25) is 0 Å². The number of rotatable bonds is 8. The number of nitrogens with zero attached hydrogens (tertiary/aromatic N) is 4. The Bertz CT molecular complexity index is 1480. The minimum atomic E-state index is -3.73. The topological polar surface area (TPSA) is 116 Å². The number of hydrogen-bond donors (Lipinski definition) is 2. The number of nitrogen functional groups attached to an aromatic ring is 1. The van der Waals surface area contributed by atoms with Crippen LogP contribution in [-0.2, 0) is 16.4 Å². The average molecular weight is 513 g/mol. The third-order valence-corrected chi connectivity index (χ3v) is 7.85. The van der Waals surface area contributed by atoms with E-state index in [4.69, 9.17) is 5.73 Å². The molecule has 8 nitrogen and oxygen atoms in total. The second kappa shape index (κ2) is 10.1. The summed E-state index contributed by atoms with van der Waals surface area (Å²) in [5, 5.41) is 6.89. The van der Waals surface area contributed by atoms with Crippen molar-refractivity contribution in [2.45, 2.75) is 37.0 Å². The molecule has 0 amide bonds. The van der Waals surface area contributed by atoms with Gasteiger partial charge in [0.15, 0.2) is 21.5 Å². The molecule has 0 fully saturated rings. The first-order chi connectivity index (χ1) is 17.1. The standard InChI is InChI=1S/C25H26F2N6O2S/c1-15(2)36(34,35)18-8-9-19(20(12-18)23(26)27)22-14-30-24(28)25(31-22)33-11-10-21(32-33)17-6-4-16(5-7-17)13-29-3/h4-12,14-15,23,29H,13H2,1-3H3,(H2,28,30). The molecule has 0 radical (unpaired) electrons. The van der Waals surface area contributed by atoms with E-state index in [0.29, 0.717) is 5.69 Å². The molecule has 0 aliphatic carbocycles. The SMILES string of the molecule is CNCc1ccc(-c2ccn(-c3nc(-c4ccc(S(=O)(=O)C(C)C)cc4C(F)F)cnc3N)n2)cc1. The van der Waals surface area contributed by atoms with Gasteiger partial charge in [0, 0.05) is 29.4 Å². The van der Waals surface area contributed by atoms with Crippen LogP contribution in [0.15, 0.2) is 65.8 Å². The van der Waals surface area contributed by atoms with Gasteiger partial charge in [0.1, 0.15) is 0 Å². The Morgan fingerprint density at radius 3 is 2.42 bits per heavy atom. The zero-order chi connectivity index (χ0) is 26.0. The molecule has 2 aromatic carbocycles. The Morgan fingerprint density at radius 2 is 1.78 bits per heavy atom. The van der Waals surface area contributed by atoms with Crippen molar-refractivity contribution < 1.29 is 17.2 Å². The molecule has 0 unspecified atom stereocenters. The Labute approximate surface area is 208 Å². The van der Waals surface area contributed by atoms with Crippen LogP contribution in [-0.4, -0.2) is 40.5 Å². The Morgan fingerprint density at radius 1 is 1.06 bits per heavy atom. The maximum atomic E-state index is 14.0. The monoisotopic (exact) mass is 512 g/mol. The van der Waals surface area contributed by atoms with Crippen molar-refractivity contribution in [3.63, 3.8) is 0 Å². The number of hydrogen-bond acceptors (Lipinski definition) is 7. The lowest BCUT2D eigenvalue weighted by molar-refractivity contribution is 0.151. The van der Waals surface area contributed by atoms with Crippen molar-refractivity contribution >= 4 is 15.7 Å². The summed E-state index contributed by atoms with van der Waals surface area (Å²) in [6.45, 7) is 3.74. The highest BCUT2D eigenvalue weighted by Crippen LogP contribution is 2.34. The highest BCUT2D eigenvalue weighted by molar-refractivity contribution is 7.92. The minimum Gasteiger partial charge on any atom is -0.381 e. The molecule has 0 bridgehead atoms. The number of sulfone groups is 1. The van der Waals surface area contributed by atoms with Gasteiger partial charge < -0.3 is 11.1 Å². The third-order valence-electron chi connectivity index (χ3n) is 5.70. The number of aromatic nitrogens is 4. The van der Waals surface area contributed by atoms with Crippen LogP contribution in [0.25, 0.3) is 28.3 Å². The second-order valence-corrected chi connectivity index (χ2v) is 11.0. The Hall–Kier alpha value is -3.70. The van der Waals surface area contributed by atoms with E-state index in [1.165, 1.54) is 36.9 Å². The zero-order valence-corrected chi connectivity index (χ0v) is 20.8. The summed E-state index contributed by atoms with van der Waals surface area (Å²) in [7, 11) is -1.85. The smallest absolute Gasteiger partial charge is 0.264 e. The van der Waals surface area contributed by atoms with Gasteiger partial charge in [-0.05, 0) is 44.7 Å². The van der Waals surface area contributed by atoms with E-state index < -0.39 is 27.1 Å². The van der Waals surface area contributed by atoms with Gasteiger partial charge in [-0.25, -0.2) is 31.8 Å². The van der Waals surface area contributed by atoms with E-state index in [-0.39, 0.29) is 27.8 Å². The van der Waals surface area contributed by atoms with Crippen LogP contribution in [0.5, 0.6) is 0 Å². The van der Waals surface area contributed by atoms with Crippen LogP contribution >= 0.6 is 0 Å². The molecule has 36 heavy (non-hydrogen) atoms. The number of halogens is 2. The van der Waals surface area contributed by atoms with Crippen molar-refractivity contribution in [3.8, 4) is 28.3 Å². The lowest BCUT2D eigenvalue weighted by Gasteiger charge is -2.14. The minimum absolute atomic E-state index is 0.0639. The molecule has 0 atom stereocenters. The highest BCUT2D eigenvalue weighted by Gasteiger charge is 2.24. The number of alkyl halides is 2. The number of anilines is 1. The van der Waals surface area contributed by atoms with Crippen molar-refractivity contribution in [3.05, 3.63) is 72.1 Å². The number of nitrogens with two attached hydrogens (primary N) is 1. The van der Waals surface area contributed by atoms with Gasteiger partial charge in [-0.1, -0.05) is 30.3 Å².